The summed E-state index contributed by atoms with van der Waals surface area (Å²) in [5.41, 5.74) is 2.09. The standard InChI is InChI=1S/C18H19NO4S/c1-13-7-8-14-5-3-4-6-17(14)19(13)24(21,22)16-11-9-15(10-12-16)18(20)23-2/h3-6,9-13H,7-8H2,1-2H3/t13-/m0/s1. The Kier molecular flexibility index (Phi) is 4.32. The van der Waals surface area contributed by atoms with Gasteiger partial charge in [-0.2, -0.15) is 0 Å². The molecule has 0 aliphatic carbocycles. The summed E-state index contributed by atoms with van der Waals surface area (Å²) in [4.78, 5) is 11.7. The average Bonchev–Trinajstić information content (AvgIpc) is 2.60. The molecular weight excluding hydrogens is 326 g/mol. The van der Waals surface area contributed by atoms with E-state index in [-0.39, 0.29) is 10.9 Å². The lowest BCUT2D eigenvalue weighted by molar-refractivity contribution is 0.0600. The number of hydrogen-bond acceptors (Lipinski definition) is 4. The van der Waals surface area contributed by atoms with Gasteiger partial charge < -0.3 is 4.74 Å². The normalized spacial score (nSPS) is 17.2. The number of carbonyl (C=O) groups excluding carboxylic acids is 1. The SMILES string of the molecule is COC(=O)c1ccc(S(=O)(=O)N2c3ccccc3CC[C@@H]2C)cc1. The summed E-state index contributed by atoms with van der Waals surface area (Å²) in [5.74, 6) is -0.490. The van der Waals surface area contributed by atoms with Crippen molar-refractivity contribution in [1.82, 2.24) is 0 Å². The first kappa shape index (κ1) is 16.5. The number of benzene rings is 2. The number of sulfonamides is 1. The third kappa shape index (κ3) is 2.78. The lowest BCUT2D eigenvalue weighted by Gasteiger charge is -2.36. The summed E-state index contributed by atoms with van der Waals surface area (Å²) >= 11 is 0. The Balaban J connectivity index is 2.03. The van der Waals surface area contributed by atoms with Crippen LogP contribution in [0, 0.1) is 0 Å². The summed E-state index contributed by atoms with van der Waals surface area (Å²) in [6.45, 7) is 1.91. The van der Waals surface area contributed by atoms with Gasteiger partial charge in [0.25, 0.3) is 10.0 Å². The van der Waals surface area contributed by atoms with Crippen molar-refractivity contribution in [3.8, 4) is 0 Å². The third-order valence-corrected chi connectivity index (χ3v) is 6.24. The summed E-state index contributed by atoms with van der Waals surface area (Å²) in [7, 11) is -2.40. The minimum Gasteiger partial charge on any atom is -0.465 e. The monoisotopic (exact) mass is 345 g/mol. The van der Waals surface area contributed by atoms with E-state index in [9.17, 15) is 13.2 Å². The fraction of sp³-hybridized carbons (Fsp3) is 0.278. The molecule has 1 aliphatic heterocycles. The molecule has 5 nitrogen and oxygen atoms in total. The highest BCUT2D eigenvalue weighted by atomic mass is 32.2. The van der Waals surface area contributed by atoms with Crippen LogP contribution in [0.4, 0.5) is 5.69 Å². The third-order valence-electron chi connectivity index (χ3n) is 4.29. The largest absolute Gasteiger partial charge is 0.465 e. The second-order valence-electron chi connectivity index (χ2n) is 5.83. The van der Waals surface area contributed by atoms with Crippen LogP contribution in [0.25, 0.3) is 0 Å². The van der Waals surface area contributed by atoms with Crippen LogP contribution >= 0.6 is 0 Å². The zero-order chi connectivity index (χ0) is 17.3. The lowest BCUT2D eigenvalue weighted by Crippen LogP contribution is -2.42. The van der Waals surface area contributed by atoms with Crippen LogP contribution in [-0.2, 0) is 21.2 Å². The van der Waals surface area contributed by atoms with Crippen LogP contribution in [-0.4, -0.2) is 27.5 Å². The van der Waals surface area contributed by atoms with Crippen molar-refractivity contribution < 1.29 is 17.9 Å². The number of esters is 1. The van der Waals surface area contributed by atoms with Crippen LogP contribution in [0.3, 0.4) is 0 Å². The molecule has 1 aliphatic rings. The molecule has 3 rings (SSSR count). The van der Waals surface area contributed by atoms with Crippen molar-refractivity contribution in [3.63, 3.8) is 0 Å². The topological polar surface area (TPSA) is 63.7 Å². The van der Waals surface area contributed by atoms with Gasteiger partial charge in [0.1, 0.15) is 0 Å². The van der Waals surface area contributed by atoms with Gasteiger partial charge >= 0.3 is 5.97 Å². The second-order valence-corrected chi connectivity index (χ2v) is 7.65. The van der Waals surface area contributed by atoms with Gasteiger partial charge in [0.15, 0.2) is 0 Å². The van der Waals surface area contributed by atoms with Gasteiger partial charge in [-0.3, -0.25) is 4.31 Å². The molecule has 1 heterocycles. The zero-order valence-corrected chi connectivity index (χ0v) is 14.4. The van der Waals surface area contributed by atoms with Gasteiger partial charge in [0.05, 0.1) is 23.3 Å². The molecule has 2 aromatic carbocycles. The molecule has 0 N–H and O–H groups in total. The molecule has 0 bridgehead atoms. The Morgan fingerprint density at radius 1 is 1.12 bits per heavy atom. The van der Waals surface area contributed by atoms with E-state index in [4.69, 9.17) is 0 Å². The Morgan fingerprint density at radius 2 is 1.79 bits per heavy atom. The maximum atomic E-state index is 13.1. The minimum atomic E-state index is -3.69. The molecule has 1 atom stereocenters. The fourth-order valence-electron chi connectivity index (χ4n) is 3.02. The van der Waals surface area contributed by atoms with E-state index in [2.05, 4.69) is 4.74 Å². The highest BCUT2D eigenvalue weighted by molar-refractivity contribution is 7.92. The van der Waals surface area contributed by atoms with Gasteiger partial charge in [-0.25, -0.2) is 13.2 Å². The van der Waals surface area contributed by atoms with Crippen LogP contribution in [0.5, 0.6) is 0 Å². The number of nitrogens with zero attached hydrogens (tertiary/aromatic N) is 1. The number of ether oxygens (including phenoxy) is 1. The Hall–Kier alpha value is -2.34. The maximum Gasteiger partial charge on any atom is 0.337 e. The molecule has 126 valence electrons. The summed E-state index contributed by atoms with van der Waals surface area (Å²) in [6.07, 6.45) is 1.64. The lowest BCUT2D eigenvalue weighted by atomic mass is 9.99. The van der Waals surface area contributed by atoms with E-state index in [0.717, 1.165) is 24.1 Å². The number of para-hydroxylation sites is 1. The van der Waals surface area contributed by atoms with E-state index < -0.39 is 16.0 Å². The Labute approximate surface area is 141 Å². The van der Waals surface area contributed by atoms with Crippen LogP contribution in [0.15, 0.2) is 53.4 Å². The van der Waals surface area contributed by atoms with Crippen molar-refractivity contribution in [2.24, 2.45) is 0 Å². The van der Waals surface area contributed by atoms with Gasteiger partial charge in [0.2, 0.25) is 0 Å². The molecule has 24 heavy (non-hydrogen) atoms. The predicted octanol–water partition coefficient (Wildman–Crippen LogP) is 3.00. The molecule has 0 fully saturated rings. The van der Waals surface area contributed by atoms with E-state index in [1.807, 2.05) is 31.2 Å². The molecule has 0 aromatic heterocycles. The summed E-state index contributed by atoms with van der Waals surface area (Å²) in [6, 6.07) is 13.3. The van der Waals surface area contributed by atoms with Crippen molar-refractivity contribution in [3.05, 3.63) is 59.7 Å². The van der Waals surface area contributed by atoms with Crippen molar-refractivity contribution in [1.29, 1.82) is 0 Å². The number of methoxy groups -OCH3 is 1. The molecule has 0 spiro atoms. The van der Waals surface area contributed by atoms with Gasteiger partial charge in [-0.1, -0.05) is 18.2 Å². The molecule has 0 radical (unpaired) electrons. The van der Waals surface area contributed by atoms with Gasteiger partial charge in [0, 0.05) is 6.04 Å². The minimum absolute atomic E-state index is 0.120. The van der Waals surface area contributed by atoms with Crippen molar-refractivity contribution >= 4 is 21.7 Å². The van der Waals surface area contributed by atoms with Crippen LogP contribution in [0.1, 0.15) is 29.3 Å². The number of anilines is 1. The van der Waals surface area contributed by atoms with Gasteiger partial charge in [-0.05, 0) is 55.7 Å². The Bertz CT molecular complexity index is 859. The quantitative estimate of drug-likeness (QED) is 0.802. The molecule has 0 amide bonds. The first-order chi connectivity index (χ1) is 11.4. The number of carbonyl (C=O) groups is 1. The predicted molar refractivity (Wildman–Crippen MR) is 91.7 cm³/mol. The van der Waals surface area contributed by atoms with E-state index >= 15 is 0 Å². The van der Waals surface area contributed by atoms with E-state index in [1.54, 1.807) is 0 Å². The van der Waals surface area contributed by atoms with Crippen LogP contribution in [0.2, 0.25) is 0 Å². The highest BCUT2D eigenvalue weighted by Gasteiger charge is 2.33. The second kappa shape index (κ2) is 6.28. The van der Waals surface area contributed by atoms with E-state index in [0.29, 0.717) is 5.56 Å². The fourth-order valence-corrected chi connectivity index (χ4v) is 4.74. The maximum absolute atomic E-state index is 13.1. The molecule has 0 saturated carbocycles. The average molecular weight is 345 g/mol. The van der Waals surface area contributed by atoms with Crippen molar-refractivity contribution in [2.45, 2.75) is 30.7 Å². The Morgan fingerprint density at radius 3 is 2.46 bits per heavy atom. The highest BCUT2D eigenvalue weighted by Crippen LogP contribution is 2.35. The van der Waals surface area contributed by atoms with Gasteiger partial charge in [-0.15, -0.1) is 0 Å². The van der Waals surface area contributed by atoms with Crippen molar-refractivity contribution in [2.75, 3.05) is 11.4 Å². The molecule has 0 saturated heterocycles. The molecular formula is C18H19NO4S. The van der Waals surface area contributed by atoms with Crippen LogP contribution < -0.4 is 4.31 Å². The first-order valence-corrected chi connectivity index (χ1v) is 9.20. The number of aryl methyl sites for hydroxylation is 1. The zero-order valence-electron chi connectivity index (χ0n) is 13.6. The number of rotatable bonds is 3. The number of hydrogen-bond donors (Lipinski definition) is 0. The smallest absolute Gasteiger partial charge is 0.337 e. The number of fused-ring (bicyclic) bond motifs is 1. The first-order valence-electron chi connectivity index (χ1n) is 7.76. The molecule has 6 heteroatoms. The summed E-state index contributed by atoms with van der Waals surface area (Å²) < 4.78 is 32.4. The summed E-state index contributed by atoms with van der Waals surface area (Å²) in [5, 5.41) is 0. The van der Waals surface area contributed by atoms with E-state index in [1.165, 1.54) is 35.7 Å². The molecule has 0 unspecified atom stereocenters. The molecule has 2 aromatic rings.